The molecule has 4 atom stereocenters. The Morgan fingerprint density at radius 3 is 2.52 bits per heavy atom. The lowest BCUT2D eigenvalue weighted by molar-refractivity contribution is -0.906. The van der Waals surface area contributed by atoms with E-state index >= 15 is 0 Å². The number of carbonyl (C=O) groups is 2. The van der Waals surface area contributed by atoms with Crippen molar-refractivity contribution in [2.24, 2.45) is 23.7 Å². The molecule has 2 fully saturated rings. The number of carbonyl (C=O) groups excluding carboxylic acids is 2. The third-order valence-corrected chi connectivity index (χ3v) is 5.01. The summed E-state index contributed by atoms with van der Waals surface area (Å²) in [5, 5.41) is 14.2. The van der Waals surface area contributed by atoms with Gasteiger partial charge in [-0.2, -0.15) is 0 Å². The van der Waals surface area contributed by atoms with Gasteiger partial charge < -0.3 is 24.9 Å². The fourth-order valence-corrected chi connectivity index (χ4v) is 3.89. The Kier molecular flexibility index (Phi) is 4.26. The molecule has 1 amide bonds. The van der Waals surface area contributed by atoms with E-state index < -0.39 is 17.8 Å². The number of morpholine rings is 1. The van der Waals surface area contributed by atoms with Crippen LogP contribution in [-0.4, -0.2) is 51.3 Å². The zero-order chi connectivity index (χ0) is 14.8. The SMILES string of the molecule is O=C(NCC[NH+]1CCOCC1)[C@@H]1[C@@H](C(=O)[O-])[C@H]2C=C[C@@H]1C2. The molecule has 21 heavy (non-hydrogen) atoms. The molecule has 0 aromatic carbocycles. The number of hydrogen-bond donors (Lipinski definition) is 2. The molecule has 3 aliphatic rings. The maximum Gasteiger partial charge on any atom is 0.224 e. The number of rotatable bonds is 5. The number of allylic oxidation sites excluding steroid dienone is 2. The van der Waals surface area contributed by atoms with Crippen molar-refractivity contribution in [1.82, 2.24) is 5.32 Å². The molecule has 0 aromatic rings. The van der Waals surface area contributed by atoms with Gasteiger partial charge in [-0.3, -0.25) is 4.79 Å². The van der Waals surface area contributed by atoms with Gasteiger partial charge >= 0.3 is 0 Å². The van der Waals surface area contributed by atoms with Crippen molar-refractivity contribution in [1.29, 1.82) is 0 Å². The first-order valence-electron chi connectivity index (χ1n) is 7.75. The van der Waals surface area contributed by atoms with Gasteiger partial charge in [0.05, 0.1) is 32.2 Å². The smallest absolute Gasteiger partial charge is 0.224 e. The fourth-order valence-electron chi connectivity index (χ4n) is 3.89. The van der Waals surface area contributed by atoms with Crippen LogP contribution >= 0.6 is 0 Å². The van der Waals surface area contributed by atoms with Crippen LogP contribution in [0.4, 0.5) is 0 Å². The van der Waals surface area contributed by atoms with Gasteiger partial charge in [0, 0.05) is 11.9 Å². The highest BCUT2D eigenvalue weighted by Gasteiger charge is 2.48. The first-order valence-corrected chi connectivity index (χ1v) is 7.75. The quantitative estimate of drug-likeness (QED) is 0.537. The number of ether oxygens (including phenoxy) is 1. The Morgan fingerprint density at radius 1 is 1.19 bits per heavy atom. The molecular weight excluding hydrogens is 272 g/mol. The number of hydrogen-bond acceptors (Lipinski definition) is 4. The first-order chi connectivity index (χ1) is 10.2. The Morgan fingerprint density at radius 2 is 1.86 bits per heavy atom. The van der Waals surface area contributed by atoms with E-state index in [2.05, 4.69) is 5.32 Å². The zero-order valence-corrected chi connectivity index (χ0v) is 12.0. The van der Waals surface area contributed by atoms with E-state index in [1.807, 2.05) is 12.2 Å². The molecule has 3 rings (SSSR count). The van der Waals surface area contributed by atoms with Gasteiger partial charge in [0.2, 0.25) is 5.91 Å². The molecule has 0 spiro atoms. The second-order valence-corrected chi connectivity index (χ2v) is 6.22. The second-order valence-electron chi connectivity index (χ2n) is 6.22. The Bertz CT molecular complexity index is 445. The summed E-state index contributed by atoms with van der Waals surface area (Å²) in [6, 6.07) is 0. The van der Waals surface area contributed by atoms with Crippen LogP contribution < -0.4 is 15.3 Å². The molecule has 1 saturated heterocycles. The summed E-state index contributed by atoms with van der Waals surface area (Å²) in [6.45, 7) is 4.93. The standard InChI is InChI=1S/C15H22N2O4/c18-14(16-3-4-17-5-7-21-8-6-17)12-10-1-2-11(9-10)13(12)15(19)20/h1-2,10-13H,3-9H2,(H,16,18)(H,19,20)/t10-,11+,12+,13+/m1/s1. The van der Waals surface area contributed by atoms with Crippen molar-refractivity contribution in [2.75, 3.05) is 39.4 Å². The Labute approximate surface area is 124 Å². The Balaban J connectivity index is 1.50. The molecular formula is C15H22N2O4. The average molecular weight is 294 g/mol. The summed E-state index contributed by atoms with van der Waals surface area (Å²) in [6.07, 6.45) is 4.68. The van der Waals surface area contributed by atoms with Gasteiger partial charge in [-0.15, -0.1) is 0 Å². The lowest BCUT2D eigenvalue weighted by Crippen LogP contribution is -3.14. The van der Waals surface area contributed by atoms with Crippen LogP contribution in [0.15, 0.2) is 12.2 Å². The van der Waals surface area contributed by atoms with Gasteiger partial charge in [-0.05, 0) is 18.3 Å². The van der Waals surface area contributed by atoms with E-state index in [4.69, 9.17) is 4.74 Å². The van der Waals surface area contributed by atoms with Gasteiger partial charge in [-0.25, -0.2) is 0 Å². The third kappa shape index (κ3) is 2.96. The predicted molar refractivity (Wildman–Crippen MR) is 72.1 cm³/mol. The molecule has 6 heteroatoms. The van der Waals surface area contributed by atoms with Crippen molar-refractivity contribution in [2.45, 2.75) is 6.42 Å². The minimum absolute atomic E-state index is 0.0272. The van der Waals surface area contributed by atoms with Crippen molar-refractivity contribution < 1.29 is 24.3 Å². The van der Waals surface area contributed by atoms with Gasteiger partial charge in [0.1, 0.15) is 13.1 Å². The second kappa shape index (κ2) is 6.15. The number of carboxylic acid groups (broad SMARTS) is 1. The highest BCUT2D eigenvalue weighted by atomic mass is 16.5. The molecule has 6 nitrogen and oxygen atoms in total. The van der Waals surface area contributed by atoms with Crippen LogP contribution in [0.25, 0.3) is 0 Å². The van der Waals surface area contributed by atoms with Crippen LogP contribution in [-0.2, 0) is 14.3 Å². The van der Waals surface area contributed by atoms with Crippen LogP contribution in [0.5, 0.6) is 0 Å². The van der Waals surface area contributed by atoms with Gasteiger partial charge in [-0.1, -0.05) is 12.2 Å². The summed E-state index contributed by atoms with van der Waals surface area (Å²) < 4.78 is 5.29. The topological polar surface area (TPSA) is 82.9 Å². The lowest BCUT2D eigenvalue weighted by Gasteiger charge is -2.28. The van der Waals surface area contributed by atoms with E-state index in [1.165, 1.54) is 4.90 Å². The molecule has 0 unspecified atom stereocenters. The molecule has 0 aromatic heterocycles. The average Bonchev–Trinajstić information content (AvgIpc) is 3.08. The largest absolute Gasteiger partial charge is 0.550 e. The predicted octanol–water partition coefficient (Wildman–Crippen LogP) is -2.79. The zero-order valence-electron chi connectivity index (χ0n) is 12.0. The van der Waals surface area contributed by atoms with Crippen LogP contribution in [0, 0.1) is 23.7 Å². The normalized spacial score (nSPS) is 35.0. The summed E-state index contributed by atoms with van der Waals surface area (Å²) >= 11 is 0. The minimum atomic E-state index is -1.09. The van der Waals surface area contributed by atoms with Crippen molar-refractivity contribution in [3.05, 3.63) is 12.2 Å². The maximum atomic E-state index is 12.3. The lowest BCUT2D eigenvalue weighted by atomic mass is 9.82. The third-order valence-electron chi connectivity index (χ3n) is 5.01. The molecule has 2 bridgehead atoms. The molecule has 116 valence electrons. The molecule has 1 heterocycles. The number of quaternary nitrogens is 1. The van der Waals surface area contributed by atoms with Gasteiger partial charge in [0.25, 0.3) is 0 Å². The van der Waals surface area contributed by atoms with E-state index in [-0.39, 0.29) is 17.7 Å². The number of carboxylic acids is 1. The summed E-state index contributed by atoms with van der Waals surface area (Å²) in [4.78, 5) is 25.0. The van der Waals surface area contributed by atoms with Gasteiger partial charge in [0.15, 0.2) is 0 Å². The van der Waals surface area contributed by atoms with Crippen molar-refractivity contribution in [3.8, 4) is 0 Å². The molecule has 0 radical (unpaired) electrons. The number of amides is 1. The molecule has 1 saturated carbocycles. The number of fused-ring (bicyclic) bond motifs is 2. The van der Waals surface area contributed by atoms with Crippen LogP contribution in [0.1, 0.15) is 6.42 Å². The van der Waals surface area contributed by atoms with E-state index in [9.17, 15) is 14.7 Å². The number of nitrogens with one attached hydrogen (secondary N) is 2. The maximum absolute atomic E-state index is 12.3. The first kappa shape index (κ1) is 14.5. The summed E-state index contributed by atoms with van der Waals surface area (Å²) in [5.41, 5.74) is 0. The van der Waals surface area contributed by atoms with Crippen LogP contribution in [0.3, 0.4) is 0 Å². The minimum Gasteiger partial charge on any atom is -0.550 e. The van der Waals surface area contributed by atoms with E-state index in [1.54, 1.807) is 0 Å². The molecule has 1 aliphatic heterocycles. The van der Waals surface area contributed by atoms with E-state index in [0.717, 1.165) is 39.3 Å². The highest BCUT2D eigenvalue weighted by molar-refractivity contribution is 5.86. The number of aliphatic carboxylic acids is 1. The monoisotopic (exact) mass is 294 g/mol. The van der Waals surface area contributed by atoms with Crippen molar-refractivity contribution in [3.63, 3.8) is 0 Å². The van der Waals surface area contributed by atoms with E-state index in [0.29, 0.717) is 6.54 Å². The highest BCUT2D eigenvalue weighted by Crippen LogP contribution is 2.47. The summed E-state index contributed by atoms with van der Waals surface area (Å²) in [5.74, 6) is -2.30. The molecule has 2 aliphatic carbocycles. The molecule has 2 N–H and O–H groups in total. The summed E-state index contributed by atoms with van der Waals surface area (Å²) in [7, 11) is 0. The van der Waals surface area contributed by atoms with Crippen molar-refractivity contribution >= 4 is 11.9 Å². The van der Waals surface area contributed by atoms with Crippen LogP contribution in [0.2, 0.25) is 0 Å². The Hall–Kier alpha value is -1.40. The fraction of sp³-hybridized carbons (Fsp3) is 0.733.